The molecule has 0 spiro atoms. The second-order valence-electron chi connectivity index (χ2n) is 4.59. The molecule has 0 aromatic heterocycles. The monoisotopic (exact) mass is 230 g/mol. The zero-order valence-electron chi connectivity index (χ0n) is 10.7. The molecule has 0 radical (unpaired) electrons. The molecular weight excluding hydrogens is 208 g/mol. The maximum absolute atomic E-state index is 11.7. The van der Waals surface area contributed by atoms with Gasteiger partial charge in [-0.05, 0) is 11.8 Å². The summed E-state index contributed by atoms with van der Waals surface area (Å²) >= 11 is 0. The molecule has 2 N–H and O–H groups in total. The highest BCUT2D eigenvalue weighted by molar-refractivity contribution is 5.86. The number of hydrogen-bond donors (Lipinski definition) is 2. The Labute approximate surface area is 96.9 Å². The van der Waals surface area contributed by atoms with E-state index in [1.54, 1.807) is 0 Å². The molecule has 0 bridgehead atoms. The second kappa shape index (κ2) is 7.22. The van der Waals surface area contributed by atoms with Crippen LogP contribution in [0.5, 0.6) is 0 Å². The second-order valence-corrected chi connectivity index (χ2v) is 4.59. The van der Waals surface area contributed by atoms with Crippen LogP contribution in [0, 0.1) is 11.8 Å². The number of amides is 2. The van der Waals surface area contributed by atoms with Gasteiger partial charge in [-0.15, -0.1) is 0 Å². The van der Waals surface area contributed by atoms with Crippen molar-refractivity contribution in [3.8, 4) is 0 Å². The third-order valence-electron chi connectivity index (χ3n) is 1.90. The van der Waals surface area contributed by atoms with E-state index in [9.17, 15) is 9.59 Å². The molecule has 0 heterocycles. The Morgan fingerprint density at radius 3 is 2.12 bits per heavy atom. The van der Waals surface area contributed by atoms with E-state index in [-0.39, 0.29) is 17.7 Å². The number of carbonyl (C=O) groups is 2. The van der Waals surface area contributed by atoms with Crippen LogP contribution in [0.4, 0.5) is 0 Å². The van der Waals surface area contributed by atoms with E-state index < -0.39 is 6.04 Å². The molecule has 0 aromatic carbocycles. The highest BCUT2D eigenvalue weighted by Crippen LogP contribution is 2.02. The van der Waals surface area contributed by atoms with Gasteiger partial charge in [0.25, 0.3) is 5.91 Å². The van der Waals surface area contributed by atoms with Crippen LogP contribution in [-0.2, 0) is 14.4 Å². The summed E-state index contributed by atoms with van der Waals surface area (Å²) in [5, 5.41) is 2.59. The minimum atomic E-state index is -0.551. The summed E-state index contributed by atoms with van der Waals surface area (Å²) in [5.41, 5.74) is 2.35. The zero-order valence-corrected chi connectivity index (χ0v) is 10.7. The minimum Gasteiger partial charge on any atom is -0.344 e. The van der Waals surface area contributed by atoms with Crippen LogP contribution in [0.1, 0.15) is 34.6 Å². The Morgan fingerprint density at radius 2 is 1.75 bits per heavy atom. The lowest BCUT2D eigenvalue weighted by molar-refractivity contribution is -0.139. The summed E-state index contributed by atoms with van der Waals surface area (Å²) in [6, 6.07) is -0.551. The van der Waals surface area contributed by atoms with E-state index in [1.165, 1.54) is 6.92 Å². The van der Waals surface area contributed by atoms with E-state index in [1.807, 2.05) is 27.7 Å². The molecule has 5 nitrogen and oxygen atoms in total. The van der Waals surface area contributed by atoms with Crippen molar-refractivity contribution in [2.75, 3.05) is 6.61 Å². The van der Waals surface area contributed by atoms with E-state index in [0.717, 1.165) is 0 Å². The Morgan fingerprint density at radius 1 is 1.19 bits per heavy atom. The average molecular weight is 230 g/mol. The molecule has 1 unspecified atom stereocenters. The van der Waals surface area contributed by atoms with Gasteiger partial charge in [0.2, 0.25) is 5.91 Å². The standard InChI is InChI=1S/C11H22N2O3/c1-7(2)6-16-13-11(15)10(8(3)4)12-9(5)14/h7-8,10H,6H2,1-5H3,(H,12,14)(H,13,15). The van der Waals surface area contributed by atoms with E-state index in [0.29, 0.717) is 12.5 Å². The van der Waals surface area contributed by atoms with Crippen molar-refractivity contribution in [3.05, 3.63) is 0 Å². The van der Waals surface area contributed by atoms with E-state index >= 15 is 0 Å². The highest BCUT2D eigenvalue weighted by Gasteiger charge is 2.22. The Hall–Kier alpha value is -1.10. The smallest absolute Gasteiger partial charge is 0.266 e. The van der Waals surface area contributed by atoms with Crippen molar-refractivity contribution in [3.63, 3.8) is 0 Å². The highest BCUT2D eigenvalue weighted by atomic mass is 16.7. The van der Waals surface area contributed by atoms with Crippen LogP contribution in [0.15, 0.2) is 0 Å². The molecule has 0 fully saturated rings. The van der Waals surface area contributed by atoms with Crippen molar-refractivity contribution in [2.24, 2.45) is 11.8 Å². The fourth-order valence-corrected chi connectivity index (χ4v) is 1.10. The topological polar surface area (TPSA) is 67.4 Å². The van der Waals surface area contributed by atoms with Gasteiger partial charge >= 0.3 is 0 Å². The Kier molecular flexibility index (Phi) is 6.72. The minimum absolute atomic E-state index is 0.0200. The van der Waals surface area contributed by atoms with Gasteiger partial charge in [-0.3, -0.25) is 14.4 Å². The van der Waals surface area contributed by atoms with Gasteiger partial charge in [0, 0.05) is 6.92 Å². The Bertz CT molecular complexity index is 239. The van der Waals surface area contributed by atoms with Crippen LogP contribution in [-0.4, -0.2) is 24.5 Å². The maximum atomic E-state index is 11.7. The lowest BCUT2D eigenvalue weighted by Crippen LogP contribution is -2.49. The summed E-state index contributed by atoms with van der Waals surface area (Å²) in [4.78, 5) is 27.6. The molecule has 16 heavy (non-hydrogen) atoms. The molecule has 0 rings (SSSR count). The molecule has 0 saturated carbocycles. The maximum Gasteiger partial charge on any atom is 0.266 e. The lowest BCUT2D eigenvalue weighted by Gasteiger charge is -2.20. The summed E-state index contributed by atoms with van der Waals surface area (Å²) < 4.78 is 0. The number of nitrogens with one attached hydrogen (secondary N) is 2. The van der Waals surface area contributed by atoms with Crippen LogP contribution >= 0.6 is 0 Å². The van der Waals surface area contributed by atoms with Crippen LogP contribution in [0.25, 0.3) is 0 Å². The van der Waals surface area contributed by atoms with Gasteiger partial charge < -0.3 is 5.32 Å². The third kappa shape index (κ3) is 6.40. The molecule has 0 aliphatic rings. The summed E-state index contributed by atoms with van der Waals surface area (Å²) in [5.74, 6) is -0.173. The lowest BCUT2D eigenvalue weighted by atomic mass is 10.0. The van der Waals surface area contributed by atoms with Gasteiger partial charge in [-0.25, -0.2) is 5.48 Å². The molecule has 5 heteroatoms. The summed E-state index contributed by atoms with van der Waals surface area (Å²) in [7, 11) is 0. The van der Waals surface area contributed by atoms with Crippen molar-refractivity contribution in [1.82, 2.24) is 10.8 Å². The first-order valence-corrected chi connectivity index (χ1v) is 5.53. The van der Waals surface area contributed by atoms with Crippen LogP contribution in [0.2, 0.25) is 0 Å². The van der Waals surface area contributed by atoms with Crippen molar-refractivity contribution >= 4 is 11.8 Å². The third-order valence-corrected chi connectivity index (χ3v) is 1.90. The molecule has 2 amide bonds. The Balaban J connectivity index is 4.12. The summed E-state index contributed by atoms with van der Waals surface area (Å²) in [6.45, 7) is 9.54. The zero-order chi connectivity index (χ0) is 12.7. The predicted octanol–water partition coefficient (Wildman–Crippen LogP) is 0.851. The van der Waals surface area contributed by atoms with Gasteiger partial charge in [-0.2, -0.15) is 0 Å². The fraction of sp³-hybridized carbons (Fsp3) is 0.818. The summed E-state index contributed by atoms with van der Waals surface area (Å²) in [6.07, 6.45) is 0. The molecular formula is C11H22N2O3. The number of carbonyl (C=O) groups excluding carboxylic acids is 2. The van der Waals surface area contributed by atoms with Crippen molar-refractivity contribution in [2.45, 2.75) is 40.7 Å². The van der Waals surface area contributed by atoms with Crippen molar-refractivity contribution < 1.29 is 14.4 Å². The first-order valence-electron chi connectivity index (χ1n) is 5.53. The first kappa shape index (κ1) is 14.9. The van der Waals surface area contributed by atoms with Gasteiger partial charge in [0.05, 0.1) is 6.61 Å². The normalized spacial score (nSPS) is 12.7. The predicted molar refractivity (Wildman–Crippen MR) is 61.4 cm³/mol. The first-order chi connectivity index (χ1) is 7.34. The molecule has 0 aromatic rings. The van der Waals surface area contributed by atoms with Gasteiger partial charge in [0.15, 0.2) is 0 Å². The molecule has 1 atom stereocenters. The quantitative estimate of drug-likeness (QED) is 0.665. The van der Waals surface area contributed by atoms with Crippen LogP contribution in [0.3, 0.4) is 0 Å². The molecule has 0 aliphatic carbocycles. The van der Waals surface area contributed by atoms with Crippen LogP contribution < -0.4 is 10.8 Å². The number of hydrogen-bond acceptors (Lipinski definition) is 3. The average Bonchev–Trinajstić information content (AvgIpc) is 2.12. The van der Waals surface area contributed by atoms with E-state index in [2.05, 4.69) is 10.8 Å². The van der Waals surface area contributed by atoms with E-state index in [4.69, 9.17) is 4.84 Å². The number of rotatable bonds is 6. The molecule has 0 saturated heterocycles. The van der Waals surface area contributed by atoms with Gasteiger partial charge in [0.1, 0.15) is 6.04 Å². The molecule has 0 aliphatic heterocycles. The number of hydroxylamine groups is 1. The van der Waals surface area contributed by atoms with Gasteiger partial charge in [-0.1, -0.05) is 27.7 Å². The largest absolute Gasteiger partial charge is 0.344 e. The molecule has 94 valence electrons. The van der Waals surface area contributed by atoms with Crippen molar-refractivity contribution in [1.29, 1.82) is 0 Å². The SMILES string of the molecule is CC(=O)NC(C(=O)NOCC(C)C)C(C)C. The fourth-order valence-electron chi connectivity index (χ4n) is 1.10.